The summed E-state index contributed by atoms with van der Waals surface area (Å²) in [7, 11) is 0. The average molecular weight is 1010 g/mol. The molecular weight excluding hydrogens is 977 g/mol. The van der Waals surface area contributed by atoms with Gasteiger partial charge in [0.05, 0.1) is 33.4 Å². The van der Waals surface area contributed by atoms with Crippen LogP contribution in [0.4, 0.5) is 79.0 Å². The van der Waals surface area contributed by atoms with Gasteiger partial charge in [-0.2, -0.15) is 79.0 Å². The van der Waals surface area contributed by atoms with Crippen LogP contribution in [-0.2, 0) is 53.5 Å². The second-order valence-electron chi connectivity index (χ2n) is 13.7. The predicted molar refractivity (Wildman–Crippen MR) is 215 cm³/mol. The maximum absolute atomic E-state index is 12.4. The van der Waals surface area contributed by atoms with Crippen LogP contribution in [0.1, 0.15) is 66.8 Å². The molecule has 0 fully saturated rings. The molecule has 0 aliphatic carbocycles. The Morgan fingerprint density at radius 3 is 0.343 bits per heavy atom. The minimum atomic E-state index is -4.39. The van der Waals surface area contributed by atoms with Crippen molar-refractivity contribution < 1.29 is 95.5 Å². The van der Waals surface area contributed by atoms with E-state index in [9.17, 15) is 79.0 Å². The van der Waals surface area contributed by atoms with E-state index < -0.39 is 70.4 Å². The van der Waals surface area contributed by atoms with Crippen LogP contribution in [-0.4, -0.2) is 0 Å². The zero-order valence-electron chi connectivity index (χ0n) is 33.4. The molecule has 0 aromatic heterocycles. The van der Waals surface area contributed by atoms with Gasteiger partial charge in [0.15, 0.2) is 0 Å². The summed E-state index contributed by atoms with van der Waals surface area (Å²) < 4.78 is 223. The molecule has 0 spiro atoms. The first-order valence-corrected chi connectivity index (χ1v) is 18.6. The van der Waals surface area contributed by atoms with Crippen molar-refractivity contribution in [1.82, 2.24) is 0 Å². The molecule has 0 aliphatic heterocycles. The maximum Gasteiger partial charge on any atom is 0.416 e. The van der Waals surface area contributed by atoms with Crippen molar-refractivity contribution in [3.8, 4) is 0 Å². The molecule has 6 rings (SSSR count). The number of halogens is 18. The van der Waals surface area contributed by atoms with Gasteiger partial charge in [-0.1, -0.05) is 109 Å². The number of benzene rings is 6. The summed E-state index contributed by atoms with van der Waals surface area (Å²) in [5, 5.41) is 0. The number of alkyl halides is 18. The first kappa shape index (κ1) is 55.1. The summed E-state index contributed by atoms with van der Waals surface area (Å²) in [5.74, 6) is 0. The minimum Gasteiger partial charge on any atom is -0.166 e. The van der Waals surface area contributed by atoms with Crippen molar-refractivity contribution in [3.63, 3.8) is 0 Å². The molecular formula is C48H30F18Ni. The topological polar surface area (TPSA) is 0 Å². The zero-order chi connectivity index (χ0) is 49.1. The predicted octanol–water partition coefficient (Wildman–Crippen LogP) is 17.7. The van der Waals surface area contributed by atoms with Gasteiger partial charge in [0.25, 0.3) is 0 Å². The van der Waals surface area contributed by atoms with Gasteiger partial charge in [-0.15, -0.1) is 0 Å². The SMILES string of the molecule is FC(F)(F)c1ccc(C=Cc2ccc(C(F)(F)F)cc2)cc1.FC(F)(F)c1ccc(C=Cc2ccc(C(F)(F)F)cc2)cc1.FC(F)(F)c1ccc(C=Cc2ccc(C(F)(F)F)cc2)cc1.[Ni]. The van der Waals surface area contributed by atoms with Crippen LogP contribution >= 0.6 is 0 Å². The van der Waals surface area contributed by atoms with Crippen molar-refractivity contribution in [3.05, 3.63) is 212 Å². The first-order chi connectivity index (χ1) is 30.5. The Balaban J connectivity index is 0.000000264. The Bertz CT molecular complexity index is 2050. The van der Waals surface area contributed by atoms with E-state index in [0.29, 0.717) is 33.4 Å². The number of rotatable bonds is 6. The zero-order valence-corrected chi connectivity index (χ0v) is 34.4. The molecule has 0 saturated carbocycles. The van der Waals surface area contributed by atoms with Gasteiger partial charge >= 0.3 is 37.1 Å². The first-order valence-electron chi connectivity index (χ1n) is 18.6. The van der Waals surface area contributed by atoms with E-state index in [1.165, 1.54) is 109 Å². The van der Waals surface area contributed by atoms with Gasteiger partial charge in [-0.3, -0.25) is 0 Å². The molecule has 19 heteroatoms. The Labute approximate surface area is 380 Å². The molecule has 0 bridgehead atoms. The van der Waals surface area contributed by atoms with E-state index in [1.54, 1.807) is 0 Å². The molecule has 0 heterocycles. The van der Waals surface area contributed by atoms with Crippen molar-refractivity contribution in [2.45, 2.75) is 37.1 Å². The molecule has 0 saturated heterocycles. The van der Waals surface area contributed by atoms with Crippen LogP contribution in [0.2, 0.25) is 0 Å². The third kappa shape index (κ3) is 18.2. The fraction of sp³-hybridized carbons (Fsp3) is 0.125. The molecule has 0 amide bonds. The molecule has 6 aromatic rings. The Kier molecular flexibility index (Phi) is 18.5. The normalized spacial score (nSPS) is 12.6. The van der Waals surface area contributed by atoms with E-state index in [0.717, 1.165) is 72.8 Å². The summed E-state index contributed by atoms with van der Waals surface area (Å²) in [4.78, 5) is 0. The van der Waals surface area contributed by atoms with Crippen LogP contribution in [0.25, 0.3) is 36.5 Å². The molecule has 358 valence electrons. The van der Waals surface area contributed by atoms with E-state index in [-0.39, 0.29) is 16.5 Å². The van der Waals surface area contributed by atoms with Crippen LogP contribution in [0, 0.1) is 0 Å². The Morgan fingerprint density at radius 2 is 0.269 bits per heavy atom. The smallest absolute Gasteiger partial charge is 0.166 e. The minimum absolute atomic E-state index is 0. The van der Waals surface area contributed by atoms with Gasteiger partial charge in [0, 0.05) is 16.5 Å². The fourth-order valence-electron chi connectivity index (χ4n) is 5.28. The van der Waals surface area contributed by atoms with E-state index >= 15 is 0 Å². The Hall–Kier alpha value is -6.23. The Morgan fingerprint density at radius 1 is 0.179 bits per heavy atom. The summed E-state index contributed by atoms with van der Waals surface area (Å²) in [6.45, 7) is 0. The van der Waals surface area contributed by atoms with Gasteiger partial charge in [0.1, 0.15) is 0 Å². The number of hydrogen-bond acceptors (Lipinski definition) is 0. The van der Waals surface area contributed by atoms with Gasteiger partial charge in [0.2, 0.25) is 0 Å². The fourth-order valence-corrected chi connectivity index (χ4v) is 5.28. The van der Waals surface area contributed by atoms with E-state index in [2.05, 4.69) is 0 Å². The summed E-state index contributed by atoms with van der Waals surface area (Å²) >= 11 is 0. The second kappa shape index (κ2) is 22.5. The van der Waals surface area contributed by atoms with Crippen molar-refractivity contribution in [2.24, 2.45) is 0 Å². The molecule has 67 heavy (non-hydrogen) atoms. The summed E-state index contributed by atoms with van der Waals surface area (Å²) in [5.41, 5.74) is -1.38. The molecule has 6 aromatic carbocycles. The van der Waals surface area contributed by atoms with Crippen molar-refractivity contribution in [2.75, 3.05) is 0 Å². The molecule has 0 unspecified atom stereocenters. The average Bonchev–Trinajstić information content (AvgIpc) is 3.24. The van der Waals surface area contributed by atoms with Crippen LogP contribution in [0.15, 0.2) is 146 Å². The standard InChI is InChI=1S/3C16H10F6.Ni/c3*17-15(18,19)13-7-3-11(4-8-13)1-2-12-5-9-14(10-6-12)16(20,21)22;/h3*1-10H;. The second-order valence-corrected chi connectivity index (χ2v) is 13.7. The number of hydrogen-bond donors (Lipinski definition) is 0. The largest absolute Gasteiger partial charge is 0.416 e. The van der Waals surface area contributed by atoms with E-state index in [4.69, 9.17) is 0 Å². The third-order valence-corrected chi connectivity index (χ3v) is 8.83. The van der Waals surface area contributed by atoms with Gasteiger partial charge in [-0.05, 0) is 106 Å². The summed E-state index contributed by atoms with van der Waals surface area (Å²) in [6.07, 6.45) is -17.2. The van der Waals surface area contributed by atoms with Gasteiger partial charge < -0.3 is 0 Å². The quantitative estimate of drug-likeness (QED) is 0.0886. The molecule has 0 nitrogen and oxygen atoms in total. The molecule has 0 aliphatic rings. The van der Waals surface area contributed by atoms with E-state index in [1.807, 2.05) is 0 Å². The van der Waals surface area contributed by atoms with Crippen molar-refractivity contribution in [1.29, 1.82) is 0 Å². The summed E-state index contributed by atoms with van der Waals surface area (Å²) in [6, 6.07) is 27.0. The monoisotopic (exact) mass is 1010 g/mol. The maximum atomic E-state index is 12.4. The molecule has 0 atom stereocenters. The van der Waals surface area contributed by atoms with Crippen LogP contribution < -0.4 is 0 Å². The third-order valence-electron chi connectivity index (χ3n) is 8.83. The van der Waals surface area contributed by atoms with Crippen LogP contribution in [0.3, 0.4) is 0 Å². The van der Waals surface area contributed by atoms with Crippen molar-refractivity contribution >= 4 is 36.5 Å². The van der Waals surface area contributed by atoms with Crippen LogP contribution in [0.5, 0.6) is 0 Å². The molecule has 0 radical (unpaired) electrons. The molecule has 0 N–H and O–H groups in total. The van der Waals surface area contributed by atoms with Gasteiger partial charge in [-0.25, -0.2) is 0 Å².